The second kappa shape index (κ2) is 8.63. The summed E-state index contributed by atoms with van der Waals surface area (Å²) in [6.07, 6.45) is 5.63. The Balaban J connectivity index is 1.61. The van der Waals surface area contributed by atoms with E-state index in [1.165, 1.54) is 0 Å². The van der Waals surface area contributed by atoms with Crippen LogP contribution < -0.4 is 5.32 Å². The van der Waals surface area contributed by atoms with Gasteiger partial charge in [0.05, 0.1) is 18.2 Å². The lowest BCUT2D eigenvalue weighted by Gasteiger charge is -2.41. The third-order valence-electron chi connectivity index (χ3n) is 4.76. The van der Waals surface area contributed by atoms with Gasteiger partial charge in [-0.2, -0.15) is 5.10 Å². The van der Waals surface area contributed by atoms with Gasteiger partial charge in [0.25, 0.3) is 0 Å². The predicted molar refractivity (Wildman–Crippen MR) is 103 cm³/mol. The summed E-state index contributed by atoms with van der Waals surface area (Å²) in [5.41, 5.74) is 0.963. The summed E-state index contributed by atoms with van der Waals surface area (Å²) in [4.78, 5) is 19.6. The number of nitrogens with one attached hydrogen (secondary N) is 1. The zero-order chi connectivity index (χ0) is 19.4. The Hall–Kier alpha value is -2.25. The molecule has 2 aromatic heterocycles. The molecule has 0 unspecified atom stereocenters. The minimum atomic E-state index is -0.157. The second-order valence-electron chi connectivity index (χ2n) is 7.59. The monoisotopic (exact) mass is 371 g/mol. The Kier molecular flexibility index (Phi) is 6.23. The van der Waals surface area contributed by atoms with Gasteiger partial charge in [-0.1, -0.05) is 19.9 Å². The number of carbonyl (C=O) groups excluding carboxylic acids is 1. The molecule has 1 amide bonds. The Morgan fingerprint density at radius 3 is 2.59 bits per heavy atom. The van der Waals surface area contributed by atoms with Crippen molar-refractivity contribution in [3.8, 4) is 5.82 Å². The van der Waals surface area contributed by atoms with E-state index < -0.39 is 0 Å². The number of pyridine rings is 1. The number of nitrogens with zero attached hydrogens (tertiary/aromatic N) is 4. The maximum absolute atomic E-state index is 12.9. The van der Waals surface area contributed by atoms with Crippen LogP contribution in [0.15, 0.2) is 36.8 Å². The van der Waals surface area contributed by atoms with Crippen LogP contribution in [0.4, 0.5) is 0 Å². The third kappa shape index (κ3) is 4.93. The highest BCUT2D eigenvalue weighted by Gasteiger charge is 2.33. The molecule has 27 heavy (non-hydrogen) atoms. The summed E-state index contributed by atoms with van der Waals surface area (Å²) in [5.74, 6) is 1.04. The normalized spacial score (nSPS) is 22.0. The first kappa shape index (κ1) is 19.5. The van der Waals surface area contributed by atoms with E-state index >= 15 is 0 Å². The van der Waals surface area contributed by atoms with Crippen molar-refractivity contribution in [2.75, 3.05) is 13.1 Å². The van der Waals surface area contributed by atoms with Crippen LogP contribution in [-0.4, -0.2) is 56.9 Å². The SMILES string of the molecule is CC(C)[C@H](C(=O)NCc1ccc(-n2cccn2)nc1)N1C[C@@H](C)O[C@H](C)C1. The molecule has 7 nitrogen and oxygen atoms in total. The number of aromatic nitrogens is 3. The summed E-state index contributed by atoms with van der Waals surface area (Å²) >= 11 is 0. The number of hydrogen-bond donors (Lipinski definition) is 1. The van der Waals surface area contributed by atoms with Gasteiger partial charge in [0.1, 0.15) is 0 Å². The third-order valence-corrected chi connectivity index (χ3v) is 4.76. The van der Waals surface area contributed by atoms with Crippen LogP contribution >= 0.6 is 0 Å². The van der Waals surface area contributed by atoms with Crippen molar-refractivity contribution in [3.63, 3.8) is 0 Å². The summed E-state index contributed by atoms with van der Waals surface area (Å²) in [5, 5.41) is 7.24. The molecule has 1 aliphatic rings. The van der Waals surface area contributed by atoms with Crippen LogP contribution in [0.3, 0.4) is 0 Å². The molecule has 1 N–H and O–H groups in total. The van der Waals surface area contributed by atoms with Gasteiger partial charge in [-0.3, -0.25) is 9.69 Å². The average molecular weight is 371 g/mol. The van der Waals surface area contributed by atoms with E-state index in [2.05, 4.69) is 48.0 Å². The van der Waals surface area contributed by atoms with E-state index in [1.807, 2.05) is 24.4 Å². The highest BCUT2D eigenvalue weighted by Crippen LogP contribution is 2.19. The molecular formula is C20H29N5O2. The fourth-order valence-corrected chi connectivity index (χ4v) is 3.69. The molecule has 0 aliphatic carbocycles. The highest BCUT2D eigenvalue weighted by molar-refractivity contribution is 5.82. The van der Waals surface area contributed by atoms with Gasteiger partial charge in [-0.15, -0.1) is 0 Å². The van der Waals surface area contributed by atoms with Crippen molar-refractivity contribution in [2.45, 2.75) is 52.5 Å². The molecule has 1 fully saturated rings. The Morgan fingerprint density at radius 1 is 1.30 bits per heavy atom. The molecule has 0 radical (unpaired) electrons. The van der Waals surface area contributed by atoms with Gasteiger partial charge in [0, 0.05) is 38.2 Å². The molecule has 7 heteroatoms. The van der Waals surface area contributed by atoms with Gasteiger partial charge in [-0.25, -0.2) is 9.67 Å². The summed E-state index contributed by atoms with van der Waals surface area (Å²) in [6, 6.07) is 5.57. The summed E-state index contributed by atoms with van der Waals surface area (Å²) < 4.78 is 7.51. The molecule has 0 bridgehead atoms. The maximum atomic E-state index is 12.9. The second-order valence-corrected chi connectivity index (χ2v) is 7.59. The highest BCUT2D eigenvalue weighted by atomic mass is 16.5. The van der Waals surface area contributed by atoms with Gasteiger partial charge < -0.3 is 10.1 Å². The molecule has 1 saturated heterocycles. The summed E-state index contributed by atoms with van der Waals surface area (Å²) in [7, 11) is 0. The molecule has 3 atom stereocenters. The number of morpholine rings is 1. The molecule has 0 aromatic carbocycles. The first-order valence-corrected chi connectivity index (χ1v) is 9.56. The van der Waals surface area contributed by atoms with Gasteiger partial charge in [-0.05, 0) is 37.5 Å². The lowest BCUT2D eigenvalue weighted by atomic mass is 9.99. The lowest BCUT2D eigenvalue weighted by Crippen LogP contribution is -2.56. The molecule has 146 valence electrons. The lowest BCUT2D eigenvalue weighted by molar-refractivity contribution is -0.135. The quantitative estimate of drug-likeness (QED) is 0.841. The van der Waals surface area contributed by atoms with Crippen molar-refractivity contribution in [1.82, 2.24) is 25.0 Å². The van der Waals surface area contributed by atoms with Crippen LogP contribution in [0.2, 0.25) is 0 Å². The standard InChI is InChI=1S/C20H29N5O2/c1-14(2)19(24-12-15(3)27-16(4)13-24)20(26)22-11-17-6-7-18(21-10-17)25-9-5-8-23-25/h5-10,14-16,19H,11-13H2,1-4H3,(H,22,26)/t15-,16-,19-/m1/s1. The number of rotatable bonds is 6. The van der Waals surface area contributed by atoms with E-state index in [0.717, 1.165) is 24.5 Å². The Morgan fingerprint density at radius 2 is 2.04 bits per heavy atom. The first-order chi connectivity index (χ1) is 12.9. The van der Waals surface area contributed by atoms with Crippen LogP contribution in [0.5, 0.6) is 0 Å². The number of amides is 1. The van der Waals surface area contributed by atoms with Crippen molar-refractivity contribution < 1.29 is 9.53 Å². The topological polar surface area (TPSA) is 72.3 Å². The van der Waals surface area contributed by atoms with Crippen LogP contribution in [0, 0.1) is 5.92 Å². The van der Waals surface area contributed by atoms with E-state index in [9.17, 15) is 4.79 Å². The molecule has 3 heterocycles. The van der Waals surface area contributed by atoms with E-state index in [4.69, 9.17) is 4.74 Å². The Bertz CT molecular complexity index is 719. The van der Waals surface area contributed by atoms with Gasteiger partial charge >= 0.3 is 0 Å². The zero-order valence-corrected chi connectivity index (χ0v) is 16.5. The van der Waals surface area contributed by atoms with Crippen molar-refractivity contribution in [3.05, 3.63) is 42.4 Å². The van der Waals surface area contributed by atoms with Crippen LogP contribution in [0.25, 0.3) is 5.82 Å². The largest absolute Gasteiger partial charge is 0.373 e. The van der Waals surface area contributed by atoms with Crippen molar-refractivity contribution in [1.29, 1.82) is 0 Å². The van der Waals surface area contributed by atoms with E-state index in [-0.39, 0.29) is 30.1 Å². The van der Waals surface area contributed by atoms with E-state index in [1.54, 1.807) is 17.1 Å². The molecular weight excluding hydrogens is 342 g/mol. The van der Waals surface area contributed by atoms with E-state index in [0.29, 0.717) is 6.54 Å². The minimum absolute atomic E-state index is 0.0578. The summed E-state index contributed by atoms with van der Waals surface area (Å²) in [6.45, 7) is 10.3. The molecule has 1 aliphatic heterocycles. The number of hydrogen-bond acceptors (Lipinski definition) is 5. The Labute approximate surface area is 160 Å². The van der Waals surface area contributed by atoms with Gasteiger partial charge in [0.15, 0.2) is 5.82 Å². The average Bonchev–Trinajstić information content (AvgIpc) is 3.14. The number of carbonyl (C=O) groups is 1. The minimum Gasteiger partial charge on any atom is -0.373 e. The van der Waals surface area contributed by atoms with Crippen molar-refractivity contribution >= 4 is 5.91 Å². The van der Waals surface area contributed by atoms with Crippen LogP contribution in [-0.2, 0) is 16.1 Å². The number of ether oxygens (including phenoxy) is 1. The van der Waals surface area contributed by atoms with Crippen molar-refractivity contribution in [2.24, 2.45) is 5.92 Å². The maximum Gasteiger partial charge on any atom is 0.237 e. The fourth-order valence-electron chi connectivity index (χ4n) is 3.69. The fraction of sp³-hybridized carbons (Fsp3) is 0.550. The first-order valence-electron chi connectivity index (χ1n) is 9.56. The van der Waals surface area contributed by atoms with Gasteiger partial charge in [0.2, 0.25) is 5.91 Å². The molecule has 0 spiro atoms. The van der Waals surface area contributed by atoms with Crippen LogP contribution in [0.1, 0.15) is 33.3 Å². The smallest absolute Gasteiger partial charge is 0.237 e. The molecule has 0 saturated carbocycles. The zero-order valence-electron chi connectivity index (χ0n) is 16.5. The predicted octanol–water partition coefficient (Wildman–Crippen LogP) is 2.02. The molecule has 3 rings (SSSR count). The molecule has 2 aromatic rings.